The standard InChI is InChI=1S/C8H6BrClN2O2S/c9-8-5(3-11)1-2-7(6(8)4-12)15(10,13)14/h1-2H,4,12H2. The zero-order valence-electron chi connectivity index (χ0n) is 7.37. The number of benzene rings is 1. The summed E-state index contributed by atoms with van der Waals surface area (Å²) in [6.07, 6.45) is 0. The molecule has 2 N–H and O–H groups in total. The van der Waals surface area contributed by atoms with Crippen LogP contribution in [-0.4, -0.2) is 8.42 Å². The van der Waals surface area contributed by atoms with E-state index in [4.69, 9.17) is 21.7 Å². The fraction of sp³-hybridized carbons (Fsp3) is 0.125. The molecule has 0 aliphatic carbocycles. The number of halogens is 2. The lowest BCUT2D eigenvalue weighted by Crippen LogP contribution is -2.06. The maximum absolute atomic E-state index is 11.2. The van der Waals surface area contributed by atoms with Crippen LogP contribution in [0.15, 0.2) is 21.5 Å². The first kappa shape index (κ1) is 12.5. The highest BCUT2D eigenvalue weighted by molar-refractivity contribution is 9.10. The molecule has 0 aliphatic heterocycles. The largest absolute Gasteiger partial charge is 0.326 e. The Kier molecular flexibility index (Phi) is 3.73. The molecule has 0 saturated heterocycles. The predicted octanol–water partition coefficient (Wildman–Crippen LogP) is 1.71. The van der Waals surface area contributed by atoms with Crippen molar-refractivity contribution in [1.82, 2.24) is 0 Å². The van der Waals surface area contributed by atoms with Crippen molar-refractivity contribution in [2.75, 3.05) is 0 Å². The van der Waals surface area contributed by atoms with Crippen LogP contribution in [0.4, 0.5) is 0 Å². The lowest BCUT2D eigenvalue weighted by atomic mass is 10.1. The van der Waals surface area contributed by atoms with Crippen molar-refractivity contribution in [3.05, 3.63) is 27.7 Å². The van der Waals surface area contributed by atoms with Gasteiger partial charge in [-0.05, 0) is 28.1 Å². The second kappa shape index (κ2) is 4.49. The number of rotatable bonds is 2. The topological polar surface area (TPSA) is 84.0 Å². The summed E-state index contributed by atoms with van der Waals surface area (Å²) in [6, 6.07) is 4.55. The van der Waals surface area contributed by atoms with Crippen LogP contribution in [0.3, 0.4) is 0 Å². The Morgan fingerprint density at radius 3 is 2.53 bits per heavy atom. The summed E-state index contributed by atoms with van der Waals surface area (Å²) in [5, 5.41) is 8.73. The molecule has 0 fully saturated rings. The predicted molar refractivity (Wildman–Crippen MR) is 59.8 cm³/mol. The summed E-state index contributed by atoms with van der Waals surface area (Å²) in [5.74, 6) is 0. The summed E-state index contributed by atoms with van der Waals surface area (Å²) in [7, 11) is 1.38. The zero-order valence-corrected chi connectivity index (χ0v) is 10.5. The van der Waals surface area contributed by atoms with Gasteiger partial charge in [-0.3, -0.25) is 0 Å². The molecule has 15 heavy (non-hydrogen) atoms. The van der Waals surface area contributed by atoms with Gasteiger partial charge < -0.3 is 5.73 Å². The van der Waals surface area contributed by atoms with Crippen LogP contribution in [0.1, 0.15) is 11.1 Å². The Morgan fingerprint density at radius 2 is 2.13 bits per heavy atom. The van der Waals surface area contributed by atoms with E-state index in [1.54, 1.807) is 0 Å². The zero-order chi connectivity index (χ0) is 11.6. The minimum absolute atomic E-state index is 0.0165. The molecule has 0 heterocycles. The second-order valence-electron chi connectivity index (χ2n) is 2.66. The highest BCUT2D eigenvalue weighted by Crippen LogP contribution is 2.29. The molecular weight excluding hydrogens is 304 g/mol. The van der Waals surface area contributed by atoms with Gasteiger partial charge >= 0.3 is 0 Å². The summed E-state index contributed by atoms with van der Waals surface area (Å²) in [6.45, 7) is -0.0165. The highest BCUT2D eigenvalue weighted by atomic mass is 79.9. The number of nitriles is 1. The van der Waals surface area contributed by atoms with Crippen LogP contribution in [0, 0.1) is 11.3 Å². The summed E-state index contributed by atoms with van der Waals surface area (Å²) in [4.78, 5) is -0.0717. The molecule has 80 valence electrons. The van der Waals surface area contributed by atoms with Crippen molar-refractivity contribution < 1.29 is 8.42 Å². The minimum Gasteiger partial charge on any atom is -0.326 e. The molecule has 0 unspecified atom stereocenters. The first-order valence-electron chi connectivity index (χ1n) is 3.78. The molecule has 0 bridgehead atoms. The van der Waals surface area contributed by atoms with Crippen molar-refractivity contribution in [2.24, 2.45) is 5.73 Å². The fourth-order valence-electron chi connectivity index (χ4n) is 1.11. The van der Waals surface area contributed by atoms with Gasteiger partial charge in [0.1, 0.15) is 6.07 Å². The third kappa shape index (κ3) is 2.49. The van der Waals surface area contributed by atoms with Crippen LogP contribution in [0.5, 0.6) is 0 Å². The van der Waals surface area contributed by atoms with E-state index < -0.39 is 9.05 Å². The summed E-state index contributed by atoms with van der Waals surface area (Å²) >= 11 is 3.12. The molecule has 1 rings (SSSR count). The lowest BCUT2D eigenvalue weighted by Gasteiger charge is -2.07. The van der Waals surface area contributed by atoms with E-state index in [2.05, 4.69) is 15.9 Å². The number of nitrogens with zero attached hydrogens (tertiary/aromatic N) is 1. The highest BCUT2D eigenvalue weighted by Gasteiger charge is 2.18. The van der Waals surface area contributed by atoms with Crippen molar-refractivity contribution in [3.8, 4) is 6.07 Å². The quantitative estimate of drug-likeness (QED) is 0.843. The van der Waals surface area contributed by atoms with Gasteiger partial charge in [0.05, 0.1) is 10.5 Å². The molecule has 0 amide bonds. The molecule has 7 heteroatoms. The molecule has 0 aliphatic rings. The van der Waals surface area contributed by atoms with E-state index in [0.29, 0.717) is 15.6 Å². The number of hydrogen-bond acceptors (Lipinski definition) is 4. The monoisotopic (exact) mass is 308 g/mol. The van der Waals surface area contributed by atoms with Crippen molar-refractivity contribution >= 4 is 35.7 Å². The third-order valence-electron chi connectivity index (χ3n) is 1.79. The van der Waals surface area contributed by atoms with Crippen LogP contribution in [-0.2, 0) is 15.6 Å². The third-order valence-corrected chi connectivity index (χ3v) is 4.10. The van der Waals surface area contributed by atoms with Gasteiger partial charge in [0, 0.05) is 27.3 Å². The fourth-order valence-corrected chi connectivity index (χ4v) is 2.98. The Bertz CT molecular complexity index is 536. The van der Waals surface area contributed by atoms with Crippen molar-refractivity contribution in [1.29, 1.82) is 5.26 Å². The van der Waals surface area contributed by atoms with Crippen LogP contribution in [0.25, 0.3) is 0 Å². The Hall–Kier alpha value is -0.610. The van der Waals surface area contributed by atoms with Gasteiger partial charge in [-0.1, -0.05) is 0 Å². The Balaban J connectivity index is 3.61. The summed E-state index contributed by atoms with van der Waals surface area (Å²) < 4.78 is 22.7. The maximum Gasteiger partial charge on any atom is 0.261 e. The smallest absolute Gasteiger partial charge is 0.261 e. The van der Waals surface area contributed by atoms with Gasteiger partial charge in [0.15, 0.2) is 0 Å². The molecule has 1 aromatic carbocycles. The molecule has 0 saturated carbocycles. The lowest BCUT2D eigenvalue weighted by molar-refractivity contribution is 0.608. The Morgan fingerprint density at radius 1 is 1.53 bits per heavy atom. The molecule has 0 atom stereocenters. The van der Waals surface area contributed by atoms with Gasteiger partial charge in [-0.2, -0.15) is 5.26 Å². The van der Waals surface area contributed by atoms with Crippen LogP contribution in [0.2, 0.25) is 0 Å². The first-order valence-corrected chi connectivity index (χ1v) is 6.88. The molecular formula is C8H6BrClN2O2S. The molecule has 0 radical (unpaired) electrons. The molecule has 4 nitrogen and oxygen atoms in total. The van der Waals surface area contributed by atoms with E-state index in [1.165, 1.54) is 12.1 Å². The van der Waals surface area contributed by atoms with Crippen molar-refractivity contribution in [3.63, 3.8) is 0 Å². The van der Waals surface area contributed by atoms with Crippen LogP contribution < -0.4 is 5.73 Å². The van der Waals surface area contributed by atoms with E-state index >= 15 is 0 Å². The molecule has 0 spiro atoms. The van der Waals surface area contributed by atoms with E-state index in [0.717, 1.165) is 0 Å². The normalized spacial score (nSPS) is 11.1. The van der Waals surface area contributed by atoms with Gasteiger partial charge in [-0.15, -0.1) is 0 Å². The average Bonchev–Trinajstić information content (AvgIpc) is 2.15. The Labute approximate surface area is 100 Å². The minimum atomic E-state index is -3.84. The van der Waals surface area contributed by atoms with Crippen LogP contribution >= 0.6 is 26.6 Å². The van der Waals surface area contributed by atoms with E-state index in [1.807, 2.05) is 6.07 Å². The maximum atomic E-state index is 11.2. The molecule has 1 aromatic rings. The molecule has 0 aromatic heterocycles. The van der Waals surface area contributed by atoms with E-state index in [-0.39, 0.29) is 11.4 Å². The second-order valence-corrected chi connectivity index (χ2v) is 5.98. The van der Waals surface area contributed by atoms with Gasteiger partial charge in [-0.25, -0.2) is 8.42 Å². The summed E-state index contributed by atoms with van der Waals surface area (Å²) in [5.41, 5.74) is 6.04. The van der Waals surface area contributed by atoms with Gasteiger partial charge in [0.25, 0.3) is 9.05 Å². The van der Waals surface area contributed by atoms with Gasteiger partial charge in [0.2, 0.25) is 0 Å². The number of nitrogens with two attached hydrogens (primary N) is 1. The SMILES string of the molecule is N#Cc1ccc(S(=O)(=O)Cl)c(CN)c1Br. The first-order chi connectivity index (χ1) is 6.91. The number of hydrogen-bond donors (Lipinski definition) is 1. The average molecular weight is 310 g/mol. The van der Waals surface area contributed by atoms with Crippen molar-refractivity contribution in [2.45, 2.75) is 11.4 Å². The van der Waals surface area contributed by atoms with E-state index in [9.17, 15) is 8.42 Å².